The summed E-state index contributed by atoms with van der Waals surface area (Å²) in [7, 11) is 3.36. The van der Waals surface area contributed by atoms with Gasteiger partial charge in [-0.3, -0.25) is 9.59 Å². The number of hydrogen-bond acceptors (Lipinski definition) is 3. The van der Waals surface area contributed by atoms with Crippen LogP contribution in [0.4, 0.5) is 5.69 Å². The molecule has 0 bridgehead atoms. The highest BCUT2D eigenvalue weighted by Crippen LogP contribution is 2.16. The number of anilines is 1. The zero-order chi connectivity index (χ0) is 18.6. The van der Waals surface area contributed by atoms with Crippen LogP contribution in [0, 0.1) is 0 Å². The van der Waals surface area contributed by atoms with Crippen molar-refractivity contribution in [1.29, 1.82) is 0 Å². The second kappa shape index (κ2) is 7.49. The first-order valence-electron chi connectivity index (χ1n) is 8.10. The minimum absolute atomic E-state index is 0.143. The van der Waals surface area contributed by atoms with Crippen LogP contribution in [0.15, 0.2) is 54.6 Å². The average Bonchev–Trinajstić information content (AvgIpc) is 2.59. The predicted octanol–water partition coefficient (Wildman–Crippen LogP) is 2.81. The van der Waals surface area contributed by atoms with E-state index in [0.717, 1.165) is 5.69 Å². The third-order valence-electron chi connectivity index (χ3n) is 3.80. The SMILES string of the molecule is CN(CC(C)(C)O)C(=O)c1ccc(C(=O)N(C)c2ccccc2)cc1. The molecule has 2 amide bonds. The summed E-state index contributed by atoms with van der Waals surface area (Å²) >= 11 is 0. The first-order valence-corrected chi connectivity index (χ1v) is 8.10. The van der Waals surface area contributed by atoms with Gasteiger partial charge in [0.2, 0.25) is 0 Å². The molecule has 0 aromatic heterocycles. The minimum atomic E-state index is -0.960. The molecule has 5 nitrogen and oxygen atoms in total. The van der Waals surface area contributed by atoms with Crippen molar-refractivity contribution in [2.45, 2.75) is 19.4 Å². The molecule has 0 saturated heterocycles. The lowest BCUT2D eigenvalue weighted by atomic mass is 10.1. The highest BCUT2D eigenvalue weighted by Gasteiger charge is 2.21. The molecule has 0 heterocycles. The third-order valence-corrected chi connectivity index (χ3v) is 3.80. The van der Waals surface area contributed by atoms with E-state index in [2.05, 4.69) is 0 Å². The van der Waals surface area contributed by atoms with E-state index >= 15 is 0 Å². The van der Waals surface area contributed by atoms with E-state index in [0.29, 0.717) is 11.1 Å². The van der Waals surface area contributed by atoms with Crippen LogP contribution in [0.3, 0.4) is 0 Å². The van der Waals surface area contributed by atoms with Gasteiger partial charge in [0.1, 0.15) is 0 Å². The zero-order valence-corrected chi connectivity index (χ0v) is 15.1. The van der Waals surface area contributed by atoms with Crippen molar-refractivity contribution in [2.24, 2.45) is 0 Å². The van der Waals surface area contributed by atoms with Crippen LogP contribution in [-0.4, -0.2) is 48.1 Å². The minimum Gasteiger partial charge on any atom is -0.389 e. The summed E-state index contributed by atoms with van der Waals surface area (Å²) in [6.07, 6.45) is 0. The van der Waals surface area contributed by atoms with Crippen molar-refractivity contribution in [1.82, 2.24) is 4.90 Å². The van der Waals surface area contributed by atoms with E-state index in [1.54, 1.807) is 57.1 Å². The van der Waals surface area contributed by atoms with Crippen LogP contribution in [0.2, 0.25) is 0 Å². The molecule has 132 valence electrons. The van der Waals surface area contributed by atoms with Crippen LogP contribution >= 0.6 is 0 Å². The Hall–Kier alpha value is -2.66. The Morgan fingerprint density at radius 1 is 0.880 bits per heavy atom. The standard InChI is InChI=1S/C20H24N2O3/c1-20(2,25)14-21(3)18(23)15-10-12-16(13-11-15)19(24)22(4)17-8-6-5-7-9-17/h5-13,25H,14H2,1-4H3. The fraction of sp³-hybridized carbons (Fsp3) is 0.300. The van der Waals surface area contributed by atoms with Gasteiger partial charge >= 0.3 is 0 Å². The number of nitrogens with zero attached hydrogens (tertiary/aromatic N) is 2. The highest BCUT2D eigenvalue weighted by molar-refractivity contribution is 6.06. The molecule has 0 aliphatic carbocycles. The van der Waals surface area contributed by atoms with E-state index in [4.69, 9.17) is 0 Å². The van der Waals surface area contributed by atoms with Gasteiger partial charge in [-0.15, -0.1) is 0 Å². The van der Waals surface area contributed by atoms with Gasteiger partial charge < -0.3 is 14.9 Å². The molecule has 2 rings (SSSR count). The summed E-state index contributed by atoms with van der Waals surface area (Å²) in [5, 5.41) is 9.83. The summed E-state index contributed by atoms with van der Waals surface area (Å²) < 4.78 is 0. The molecule has 5 heteroatoms. The van der Waals surface area contributed by atoms with Crippen LogP contribution < -0.4 is 4.90 Å². The van der Waals surface area contributed by atoms with Crippen molar-refractivity contribution in [3.8, 4) is 0 Å². The topological polar surface area (TPSA) is 60.9 Å². The molecule has 0 saturated carbocycles. The number of hydrogen-bond donors (Lipinski definition) is 1. The molecule has 2 aromatic carbocycles. The predicted molar refractivity (Wildman–Crippen MR) is 98.9 cm³/mol. The Labute approximate surface area is 148 Å². The molecule has 0 aliphatic rings. The number of rotatable bonds is 5. The van der Waals surface area contributed by atoms with Crippen LogP contribution in [-0.2, 0) is 0 Å². The van der Waals surface area contributed by atoms with Crippen LogP contribution in [0.1, 0.15) is 34.6 Å². The first-order chi connectivity index (χ1) is 11.7. The molecule has 0 radical (unpaired) electrons. The number of benzene rings is 2. The van der Waals surface area contributed by atoms with Crippen molar-refractivity contribution < 1.29 is 14.7 Å². The second-order valence-electron chi connectivity index (χ2n) is 6.75. The van der Waals surface area contributed by atoms with Gasteiger partial charge in [-0.1, -0.05) is 18.2 Å². The Balaban J connectivity index is 2.11. The van der Waals surface area contributed by atoms with Crippen LogP contribution in [0.5, 0.6) is 0 Å². The molecule has 0 aliphatic heterocycles. The molecule has 0 spiro atoms. The van der Waals surface area contributed by atoms with E-state index in [1.165, 1.54) is 4.90 Å². The fourth-order valence-corrected chi connectivity index (χ4v) is 2.59. The number of carbonyl (C=O) groups is 2. The Morgan fingerprint density at radius 2 is 1.36 bits per heavy atom. The molecular weight excluding hydrogens is 316 g/mol. The smallest absolute Gasteiger partial charge is 0.258 e. The van der Waals surface area contributed by atoms with Gasteiger partial charge in [0.25, 0.3) is 11.8 Å². The Morgan fingerprint density at radius 3 is 1.84 bits per heavy atom. The summed E-state index contributed by atoms with van der Waals surface area (Å²) in [5.41, 5.74) is 0.829. The lowest BCUT2D eigenvalue weighted by Crippen LogP contribution is -2.39. The summed E-state index contributed by atoms with van der Waals surface area (Å²) in [4.78, 5) is 28.0. The second-order valence-corrected chi connectivity index (χ2v) is 6.75. The maximum absolute atomic E-state index is 12.5. The molecule has 0 fully saturated rings. The number of aliphatic hydroxyl groups is 1. The highest BCUT2D eigenvalue weighted by atomic mass is 16.3. The van der Waals surface area contributed by atoms with Crippen molar-refractivity contribution in [3.63, 3.8) is 0 Å². The molecular formula is C20H24N2O3. The van der Waals surface area contributed by atoms with E-state index in [9.17, 15) is 14.7 Å². The van der Waals surface area contributed by atoms with Gasteiger partial charge in [-0.05, 0) is 50.2 Å². The van der Waals surface area contributed by atoms with E-state index in [-0.39, 0.29) is 18.4 Å². The molecule has 0 atom stereocenters. The lowest BCUT2D eigenvalue weighted by molar-refractivity contribution is 0.0368. The van der Waals surface area contributed by atoms with Crippen LogP contribution in [0.25, 0.3) is 0 Å². The molecule has 0 unspecified atom stereocenters. The molecule has 25 heavy (non-hydrogen) atoms. The normalized spacial score (nSPS) is 11.1. The molecule has 2 aromatic rings. The van der Waals surface area contributed by atoms with Gasteiger partial charge in [0.15, 0.2) is 0 Å². The number of para-hydroxylation sites is 1. The van der Waals surface area contributed by atoms with Gasteiger partial charge in [0, 0.05) is 37.5 Å². The van der Waals surface area contributed by atoms with Gasteiger partial charge in [-0.25, -0.2) is 0 Å². The lowest BCUT2D eigenvalue weighted by Gasteiger charge is -2.25. The van der Waals surface area contributed by atoms with Gasteiger partial charge in [-0.2, -0.15) is 0 Å². The van der Waals surface area contributed by atoms with E-state index in [1.807, 2.05) is 30.3 Å². The van der Waals surface area contributed by atoms with E-state index < -0.39 is 5.60 Å². The first kappa shape index (κ1) is 18.7. The maximum atomic E-state index is 12.5. The number of carbonyl (C=O) groups excluding carboxylic acids is 2. The molecule has 1 N–H and O–H groups in total. The summed E-state index contributed by atoms with van der Waals surface area (Å²) in [6, 6.07) is 15.9. The largest absolute Gasteiger partial charge is 0.389 e. The monoisotopic (exact) mass is 340 g/mol. The van der Waals surface area contributed by atoms with Gasteiger partial charge in [0.05, 0.1) is 5.60 Å². The summed E-state index contributed by atoms with van der Waals surface area (Å²) in [6.45, 7) is 3.53. The van der Waals surface area contributed by atoms with Crippen molar-refractivity contribution in [3.05, 3.63) is 65.7 Å². The van der Waals surface area contributed by atoms with Crippen molar-refractivity contribution >= 4 is 17.5 Å². The summed E-state index contributed by atoms with van der Waals surface area (Å²) in [5.74, 6) is -0.340. The third kappa shape index (κ3) is 4.90. The average molecular weight is 340 g/mol. The fourth-order valence-electron chi connectivity index (χ4n) is 2.59. The van der Waals surface area contributed by atoms with Crippen molar-refractivity contribution in [2.75, 3.05) is 25.5 Å². The Bertz CT molecular complexity index is 734. The number of likely N-dealkylation sites (N-methyl/N-ethyl adjacent to an activating group) is 1. The zero-order valence-electron chi connectivity index (χ0n) is 15.1. The Kier molecular flexibility index (Phi) is 5.59. The maximum Gasteiger partial charge on any atom is 0.258 e. The quantitative estimate of drug-likeness (QED) is 0.910. The number of amides is 2.